The van der Waals surface area contributed by atoms with Crippen molar-refractivity contribution < 1.29 is 14.3 Å². The number of anilines is 1. The number of carbonyl (C=O) groups excluding carboxylic acids is 1. The molecular formula is C21H28N4O3. The van der Waals surface area contributed by atoms with Crippen LogP contribution in [0.5, 0.6) is 0 Å². The van der Waals surface area contributed by atoms with Crippen molar-refractivity contribution in [2.24, 2.45) is 4.99 Å². The maximum Gasteiger partial charge on any atom is 0.227 e. The van der Waals surface area contributed by atoms with E-state index >= 15 is 0 Å². The van der Waals surface area contributed by atoms with E-state index in [1.54, 1.807) is 25.3 Å². The number of rotatable bonds is 7. The van der Waals surface area contributed by atoms with Gasteiger partial charge in [0.2, 0.25) is 5.91 Å². The van der Waals surface area contributed by atoms with Crippen LogP contribution in [0.3, 0.4) is 0 Å². The summed E-state index contributed by atoms with van der Waals surface area (Å²) in [5.41, 5.74) is 0.851. The smallest absolute Gasteiger partial charge is 0.227 e. The monoisotopic (exact) mass is 384 g/mol. The van der Waals surface area contributed by atoms with E-state index in [1.807, 2.05) is 36.1 Å². The Labute approximate surface area is 165 Å². The van der Waals surface area contributed by atoms with Crippen LogP contribution in [0.25, 0.3) is 0 Å². The van der Waals surface area contributed by atoms with Crippen LogP contribution in [0.1, 0.15) is 38.0 Å². The van der Waals surface area contributed by atoms with Crippen molar-refractivity contribution in [1.82, 2.24) is 10.6 Å². The van der Waals surface area contributed by atoms with E-state index < -0.39 is 5.60 Å². The minimum absolute atomic E-state index is 0.188. The van der Waals surface area contributed by atoms with Gasteiger partial charge in [0.25, 0.3) is 0 Å². The number of benzene rings is 1. The number of guanidine groups is 1. The van der Waals surface area contributed by atoms with E-state index in [0.717, 1.165) is 24.2 Å². The third-order valence-electron chi connectivity index (χ3n) is 4.74. The first-order valence-corrected chi connectivity index (χ1v) is 9.67. The van der Waals surface area contributed by atoms with Crippen LogP contribution >= 0.6 is 0 Å². The second-order valence-corrected chi connectivity index (χ2v) is 7.12. The van der Waals surface area contributed by atoms with Crippen molar-refractivity contribution in [3.05, 3.63) is 54.0 Å². The van der Waals surface area contributed by atoms with Gasteiger partial charge in [-0.25, -0.2) is 4.99 Å². The number of furan rings is 1. The molecule has 2 heterocycles. The van der Waals surface area contributed by atoms with Crippen LogP contribution in [0, 0.1) is 0 Å². The van der Waals surface area contributed by atoms with Gasteiger partial charge in [-0.05, 0) is 50.1 Å². The largest absolute Gasteiger partial charge is 0.466 e. The van der Waals surface area contributed by atoms with Gasteiger partial charge in [-0.3, -0.25) is 4.79 Å². The SMILES string of the molecule is CCNC(=NCc1ccc(N2CCCC2=O)cc1)NCC(C)(O)c1ccco1. The summed E-state index contributed by atoms with van der Waals surface area (Å²) in [5.74, 6) is 1.31. The molecule has 1 saturated heterocycles. The summed E-state index contributed by atoms with van der Waals surface area (Å²) in [5, 5.41) is 16.9. The summed E-state index contributed by atoms with van der Waals surface area (Å²) in [4.78, 5) is 18.3. The Hall–Kier alpha value is -2.80. The van der Waals surface area contributed by atoms with Gasteiger partial charge in [-0.1, -0.05) is 12.1 Å². The van der Waals surface area contributed by atoms with Crippen LogP contribution in [0.2, 0.25) is 0 Å². The summed E-state index contributed by atoms with van der Waals surface area (Å²) >= 11 is 0. The fraction of sp³-hybridized carbons (Fsp3) is 0.429. The lowest BCUT2D eigenvalue weighted by Gasteiger charge is -2.22. The summed E-state index contributed by atoms with van der Waals surface area (Å²) in [6.45, 7) is 5.95. The maximum atomic E-state index is 11.8. The quantitative estimate of drug-likeness (QED) is 0.504. The van der Waals surface area contributed by atoms with Gasteiger partial charge in [0.15, 0.2) is 5.96 Å². The molecule has 0 saturated carbocycles. The molecular weight excluding hydrogens is 356 g/mol. The van der Waals surface area contributed by atoms with Gasteiger partial charge >= 0.3 is 0 Å². The fourth-order valence-corrected chi connectivity index (χ4v) is 3.14. The fourth-order valence-electron chi connectivity index (χ4n) is 3.14. The van der Waals surface area contributed by atoms with Crippen molar-refractivity contribution in [2.45, 2.75) is 38.8 Å². The summed E-state index contributed by atoms with van der Waals surface area (Å²) in [6, 6.07) is 11.4. The van der Waals surface area contributed by atoms with E-state index in [0.29, 0.717) is 31.2 Å². The number of hydrogen-bond acceptors (Lipinski definition) is 4. The molecule has 7 nitrogen and oxygen atoms in total. The zero-order chi connectivity index (χ0) is 20.0. The third-order valence-corrected chi connectivity index (χ3v) is 4.74. The van der Waals surface area contributed by atoms with E-state index in [1.165, 1.54) is 0 Å². The van der Waals surface area contributed by atoms with Crippen LogP contribution in [-0.4, -0.2) is 36.6 Å². The standard InChI is InChI=1S/C21H28N4O3/c1-3-22-20(24-15-21(2,27)18-6-5-13-28-18)23-14-16-8-10-17(11-9-16)25-12-4-7-19(25)26/h5-6,8-11,13,27H,3-4,7,12,14-15H2,1-2H3,(H2,22,23,24). The van der Waals surface area contributed by atoms with Crippen LogP contribution in [-0.2, 0) is 16.9 Å². The summed E-state index contributed by atoms with van der Waals surface area (Å²) in [6.07, 6.45) is 3.10. The predicted octanol–water partition coefficient (Wildman–Crippen LogP) is 2.37. The molecule has 1 unspecified atom stereocenters. The molecule has 3 rings (SSSR count). The Bertz CT molecular complexity index is 798. The highest BCUT2D eigenvalue weighted by Gasteiger charge is 2.26. The molecule has 1 aliphatic rings. The molecule has 1 aliphatic heterocycles. The van der Waals surface area contributed by atoms with Crippen LogP contribution < -0.4 is 15.5 Å². The third kappa shape index (κ3) is 4.92. The molecule has 28 heavy (non-hydrogen) atoms. The molecule has 150 valence electrons. The second kappa shape index (κ2) is 8.93. The number of carbonyl (C=O) groups is 1. The second-order valence-electron chi connectivity index (χ2n) is 7.12. The van der Waals surface area contributed by atoms with Gasteiger partial charge in [-0.15, -0.1) is 0 Å². The lowest BCUT2D eigenvalue weighted by molar-refractivity contribution is -0.117. The topological polar surface area (TPSA) is 90.1 Å². The minimum Gasteiger partial charge on any atom is -0.466 e. The Morgan fingerprint density at radius 1 is 1.29 bits per heavy atom. The molecule has 1 atom stereocenters. The number of hydrogen-bond donors (Lipinski definition) is 3. The van der Waals surface area contributed by atoms with Gasteiger partial charge in [0.05, 0.1) is 19.4 Å². The molecule has 1 aromatic heterocycles. The van der Waals surface area contributed by atoms with Crippen molar-refractivity contribution in [3.8, 4) is 0 Å². The first-order chi connectivity index (χ1) is 13.5. The van der Waals surface area contributed by atoms with Crippen LogP contribution in [0.4, 0.5) is 5.69 Å². The molecule has 1 aromatic carbocycles. The van der Waals surface area contributed by atoms with Gasteiger partial charge in [0.1, 0.15) is 11.4 Å². The molecule has 7 heteroatoms. The van der Waals surface area contributed by atoms with Crippen molar-refractivity contribution in [3.63, 3.8) is 0 Å². The Morgan fingerprint density at radius 3 is 2.68 bits per heavy atom. The number of aliphatic imine (C=N–C) groups is 1. The molecule has 2 aromatic rings. The van der Waals surface area contributed by atoms with E-state index in [-0.39, 0.29) is 12.5 Å². The first kappa shape index (κ1) is 19.9. The van der Waals surface area contributed by atoms with Gasteiger partial charge < -0.3 is 25.1 Å². The first-order valence-electron chi connectivity index (χ1n) is 9.67. The molecule has 0 bridgehead atoms. The number of aliphatic hydroxyl groups is 1. The summed E-state index contributed by atoms with van der Waals surface area (Å²) in [7, 11) is 0. The zero-order valence-corrected chi connectivity index (χ0v) is 16.4. The maximum absolute atomic E-state index is 11.8. The molecule has 0 radical (unpaired) electrons. The van der Waals surface area contributed by atoms with E-state index in [2.05, 4.69) is 15.6 Å². The minimum atomic E-state index is -1.14. The molecule has 3 N–H and O–H groups in total. The Balaban J connectivity index is 1.60. The molecule has 1 fully saturated rings. The highest BCUT2D eigenvalue weighted by Crippen LogP contribution is 2.22. The highest BCUT2D eigenvalue weighted by atomic mass is 16.4. The van der Waals surface area contributed by atoms with E-state index in [9.17, 15) is 9.90 Å². The number of amides is 1. The average Bonchev–Trinajstić information content (AvgIpc) is 3.37. The Morgan fingerprint density at radius 2 is 2.07 bits per heavy atom. The lowest BCUT2D eigenvalue weighted by atomic mass is 10.0. The van der Waals surface area contributed by atoms with Crippen molar-refractivity contribution in [2.75, 3.05) is 24.5 Å². The lowest BCUT2D eigenvalue weighted by Crippen LogP contribution is -2.44. The van der Waals surface area contributed by atoms with Gasteiger partial charge in [0, 0.05) is 25.2 Å². The molecule has 0 aliphatic carbocycles. The van der Waals surface area contributed by atoms with Gasteiger partial charge in [-0.2, -0.15) is 0 Å². The molecule has 1 amide bonds. The van der Waals surface area contributed by atoms with E-state index in [4.69, 9.17) is 4.42 Å². The summed E-state index contributed by atoms with van der Waals surface area (Å²) < 4.78 is 5.30. The van der Waals surface area contributed by atoms with Crippen molar-refractivity contribution in [1.29, 1.82) is 0 Å². The zero-order valence-electron chi connectivity index (χ0n) is 16.4. The number of nitrogens with one attached hydrogen (secondary N) is 2. The van der Waals surface area contributed by atoms with Crippen molar-refractivity contribution >= 4 is 17.6 Å². The average molecular weight is 384 g/mol. The predicted molar refractivity (Wildman–Crippen MR) is 109 cm³/mol. The molecule has 0 spiro atoms. The van der Waals surface area contributed by atoms with Crippen LogP contribution in [0.15, 0.2) is 52.1 Å². The normalized spacial score (nSPS) is 16.9. The highest BCUT2D eigenvalue weighted by molar-refractivity contribution is 5.95. The Kier molecular flexibility index (Phi) is 6.36. The number of nitrogens with zero attached hydrogens (tertiary/aromatic N) is 2.